The molecule has 0 radical (unpaired) electrons. The fraction of sp³-hybridized carbons (Fsp3) is 0.351. The lowest BCUT2D eigenvalue weighted by molar-refractivity contribution is -0.137. The molecule has 0 saturated carbocycles. The molecule has 1 aliphatic rings. The van der Waals surface area contributed by atoms with Gasteiger partial charge in [-0.15, -0.1) is 0 Å². The molecule has 2 amide bonds. The molecular weight excluding hydrogens is 659 g/mol. The molecule has 5 rings (SSSR count). The molecule has 3 aromatic carbocycles. The van der Waals surface area contributed by atoms with Crippen molar-refractivity contribution >= 4 is 35.0 Å². The first-order valence-corrected chi connectivity index (χ1v) is 17.1. The molecule has 12 nitrogen and oxygen atoms in total. The van der Waals surface area contributed by atoms with Crippen LogP contribution in [0, 0.1) is 13.8 Å². The molecule has 4 aromatic rings. The largest absolute Gasteiger partial charge is 0.497 e. The van der Waals surface area contributed by atoms with Crippen LogP contribution in [-0.2, 0) is 20.9 Å². The van der Waals surface area contributed by atoms with E-state index < -0.39 is 11.9 Å². The van der Waals surface area contributed by atoms with Gasteiger partial charge < -0.3 is 38.8 Å². The van der Waals surface area contributed by atoms with Crippen molar-refractivity contribution in [3.05, 3.63) is 89.2 Å². The molecule has 50 heavy (non-hydrogen) atoms. The Bertz CT molecular complexity index is 1720. The number of hydrogen-bond donors (Lipinski definition) is 1. The van der Waals surface area contributed by atoms with E-state index in [9.17, 15) is 9.59 Å². The molecule has 1 aromatic heterocycles. The van der Waals surface area contributed by atoms with Crippen LogP contribution in [0.4, 0.5) is 11.4 Å². The van der Waals surface area contributed by atoms with Gasteiger partial charge in [-0.05, 0) is 79.6 Å². The van der Waals surface area contributed by atoms with Crippen molar-refractivity contribution in [3.63, 3.8) is 0 Å². The average Bonchev–Trinajstić information content (AvgIpc) is 3.13. The van der Waals surface area contributed by atoms with Gasteiger partial charge in [0.2, 0.25) is 11.7 Å². The van der Waals surface area contributed by atoms with Gasteiger partial charge in [0.25, 0.3) is 5.91 Å². The van der Waals surface area contributed by atoms with E-state index in [0.717, 1.165) is 35.7 Å². The van der Waals surface area contributed by atoms with Gasteiger partial charge >= 0.3 is 0 Å². The third-order valence-corrected chi connectivity index (χ3v) is 9.02. The van der Waals surface area contributed by atoms with Crippen molar-refractivity contribution in [2.24, 2.45) is 0 Å². The predicted octanol–water partition coefficient (Wildman–Crippen LogP) is 5.47. The standard InChI is InChI=1S/C37H43N5O7S/c1-24-19-25(2)39-37(38-24)50-23-33(43)42(22-26-7-13-30(45-3)14-8-26)34(27-20-31(46-4)35(48-6)32(21-27)47-5)36(44)40-28-9-11-29(12-10-28)41-15-17-49-18-16-41/h7-14,19-21,34H,15-18,22-23H2,1-6H3,(H,40,44). The topological polar surface area (TPSA) is 125 Å². The Labute approximate surface area is 297 Å². The number of thioether (sulfide) groups is 1. The zero-order valence-corrected chi connectivity index (χ0v) is 30.0. The van der Waals surface area contributed by atoms with Crippen LogP contribution in [0.3, 0.4) is 0 Å². The van der Waals surface area contributed by atoms with Crippen LogP contribution in [0.15, 0.2) is 71.9 Å². The van der Waals surface area contributed by atoms with Gasteiger partial charge in [-0.3, -0.25) is 9.59 Å². The second-order valence-electron chi connectivity index (χ2n) is 11.6. The summed E-state index contributed by atoms with van der Waals surface area (Å²) in [4.78, 5) is 41.7. The van der Waals surface area contributed by atoms with Crippen LogP contribution in [-0.4, -0.2) is 87.2 Å². The molecule has 1 N–H and O–H groups in total. The van der Waals surface area contributed by atoms with E-state index >= 15 is 0 Å². The molecule has 1 unspecified atom stereocenters. The lowest BCUT2D eigenvalue weighted by atomic mass is 10.0. The maximum atomic E-state index is 14.6. The number of anilines is 2. The van der Waals surface area contributed by atoms with Gasteiger partial charge in [0.15, 0.2) is 16.7 Å². The minimum Gasteiger partial charge on any atom is -0.497 e. The molecule has 2 heterocycles. The second kappa shape index (κ2) is 17.1. The van der Waals surface area contributed by atoms with Crippen molar-refractivity contribution in [3.8, 4) is 23.0 Å². The molecule has 1 fully saturated rings. The number of benzene rings is 3. The Kier molecular flexibility index (Phi) is 12.4. The van der Waals surface area contributed by atoms with Crippen molar-refractivity contribution in [1.82, 2.24) is 14.9 Å². The Morgan fingerprint density at radius 1 is 0.860 bits per heavy atom. The lowest BCUT2D eigenvalue weighted by Crippen LogP contribution is -2.42. The van der Waals surface area contributed by atoms with Gasteiger partial charge in [0.05, 0.1) is 47.4 Å². The number of aromatic nitrogens is 2. The number of nitrogens with zero attached hydrogens (tertiary/aromatic N) is 4. The number of rotatable bonds is 14. The Morgan fingerprint density at radius 2 is 1.48 bits per heavy atom. The second-order valence-corrected chi connectivity index (χ2v) is 12.5. The van der Waals surface area contributed by atoms with Crippen molar-refractivity contribution < 1.29 is 33.3 Å². The molecule has 0 aliphatic carbocycles. The smallest absolute Gasteiger partial charge is 0.251 e. The number of methoxy groups -OCH3 is 4. The first-order valence-electron chi connectivity index (χ1n) is 16.1. The highest BCUT2D eigenvalue weighted by Crippen LogP contribution is 2.41. The van der Waals surface area contributed by atoms with Gasteiger partial charge in [-0.25, -0.2) is 9.97 Å². The zero-order chi connectivity index (χ0) is 35.6. The van der Waals surface area contributed by atoms with Crippen molar-refractivity contribution in [2.75, 3.05) is 70.7 Å². The van der Waals surface area contributed by atoms with Crippen LogP contribution < -0.4 is 29.2 Å². The SMILES string of the molecule is COc1ccc(CN(C(=O)CSc2nc(C)cc(C)n2)C(C(=O)Nc2ccc(N3CCOCC3)cc2)c2cc(OC)c(OC)c(OC)c2)cc1. The van der Waals surface area contributed by atoms with E-state index in [2.05, 4.69) is 20.2 Å². The summed E-state index contributed by atoms with van der Waals surface area (Å²) in [7, 11) is 6.12. The summed E-state index contributed by atoms with van der Waals surface area (Å²) in [5, 5.41) is 3.54. The van der Waals surface area contributed by atoms with Crippen molar-refractivity contribution in [1.29, 1.82) is 0 Å². The van der Waals surface area contributed by atoms with Crippen LogP contribution in [0.1, 0.15) is 28.6 Å². The summed E-state index contributed by atoms with van der Waals surface area (Å²) < 4.78 is 27.7. The predicted molar refractivity (Wildman–Crippen MR) is 193 cm³/mol. The number of carbonyl (C=O) groups excluding carboxylic acids is 2. The summed E-state index contributed by atoms with van der Waals surface area (Å²) in [6, 6.07) is 19.2. The molecule has 0 spiro atoms. The normalized spacial score (nSPS) is 13.3. The van der Waals surface area contributed by atoms with E-state index in [1.165, 1.54) is 33.1 Å². The average molecular weight is 702 g/mol. The Morgan fingerprint density at radius 3 is 2.04 bits per heavy atom. The Hall–Kier alpha value is -5.01. The zero-order valence-electron chi connectivity index (χ0n) is 29.2. The third kappa shape index (κ3) is 8.96. The quantitative estimate of drug-likeness (QED) is 0.133. The van der Waals surface area contributed by atoms with E-state index in [4.69, 9.17) is 23.7 Å². The van der Waals surface area contributed by atoms with Gasteiger partial charge in [-0.2, -0.15) is 0 Å². The third-order valence-electron chi connectivity index (χ3n) is 8.19. The maximum absolute atomic E-state index is 14.6. The first kappa shape index (κ1) is 36.3. The molecule has 1 atom stereocenters. The summed E-state index contributed by atoms with van der Waals surface area (Å²) in [6.45, 7) is 6.80. The Balaban J connectivity index is 1.55. The minimum absolute atomic E-state index is 0.0124. The monoisotopic (exact) mass is 701 g/mol. The number of carbonyl (C=O) groups is 2. The summed E-state index contributed by atoms with van der Waals surface area (Å²) in [5.74, 6) is 1.01. The van der Waals surface area contributed by atoms with Crippen LogP contribution >= 0.6 is 11.8 Å². The lowest BCUT2D eigenvalue weighted by Gasteiger charge is -2.32. The highest BCUT2D eigenvalue weighted by Gasteiger charge is 2.34. The molecule has 1 aliphatic heterocycles. The number of hydrogen-bond acceptors (Lipinski definition) is 11. The summed E-state index contributed by atoms with van der Waals surface area (Å²) >= 11 is 1.22. The van der Waals surface area contributed by atoms with Crippen molar-refractivity contribution in [2.45, 2.75) is 31.6 Å². The summed E-state index contributed by atoms with van der Waals surface area (Å²) in [6.07, 6.45) is 0. The van der Waals surface area contributed by atoms with Gasteiger partial charge in [-0.1, -0.05) is 23.9 Å². The van der Waals surface area contributed by atoms with E-state index in [0.29, 0.717) is 52.6 Å². The number of amides is 2. The molecule has 1 saturated heterocycles. The highest BCUT2D eigenvalue weighted by molar-refractivity contribution is 7.99. The molecular formula is C37H43N5O7S. The number of nitrogens with one attached hydrogen (secondary N) is 1. The van der Waals surface area contributed by atoms with Gasteiger partial charge in [0, 0.05) is 42.4 Å². The summed E-state index contributed by atoms with van der Waals surface area (Å²) in [5.41, 5.74) is 4.49. The first-order chi connectivity index (χ1) is 24.2. The van der Waals surface area contributed by atoms with E-state index in [1.54, 1.807) is 24.1 Å². The number of ether oxygens (including phenoxy) is 5. The van der Waals surface area contributed by atoms with Crippen LogP contribution in [0.5, 0.6) is 23.0 Å². The fourth-order valence-corrected chi connectivity index (χ4v) is 6.57. The van der Waals surface area contributed by atoms with Gasteiger partial charge in [0.1, 0.15) is 11.8 Å². The van der Waals surface area contributed by atoms with E-state index in [1.807, 2.05) is 68.4 Å². The molecule has 0 bridgehead atoms. The minimum atomic E-state index is -1.11. The maximum Gasteiger partial charge on any atom is 0.251 e. The van der Waals surface area contributed by atoms with E-state index in [-0.39, 0.29) is 18.2 Å². The fourth-order valence-electron chi connectivity index (χ4n) is 5.74. The number of aryl methyl sites for hydroxylation is 2. The molecule has 13 heteroatoms. The molecule has 264 valence electrons. The van der Waals surface area contributed by atoms with Crippen LogP contribution in [0.2, 0.25) is 0 Å². The number of morpholine rings is 1. The van der Waals surface area contributed by atoms with Crippen LogP contribution in [0.25, 0.3) is 0 Å². The highest BCUT2D eigenvalue weighted by atomic mass is 32.2.